The van der Waals surface area contributed by atoms with Crippen LogP contribution in [0.4, 0.5) is 5.82 Å². The van der Waals surface area contributed by atoms with E-state index < -0.39 is 0 Å². The Morgan fingerprint density at radius 3 is 2.81 bits per heavy atom. The van der Waals surface area contributed by atoms with Crippen LogP contribution in [0.1, 0.15) is 17.3 Å². The zero-order chi connectivity index (χ0) is 14.9. The van der Waals surface area contributed by atoms with Crippen molar-refractivity contribution in [2.75, 3.05) is 24.2 Å². The molecule has 2 aromatic rings. The molecule has 0 radical (unpaired) electrons. The lowest BCUT2D eigenvalue weighted by Crippen LogP contribution is -2.13. The molecule has 0 unspecified atom stereocenters. The Kier molecular flexibility index (Phi) is 6.09. The number of hydrogen-bond acceptors (Lipinski definition) is 5. The predicted octanol–water partition coefficient (Wildman–Crippen LogP) is 3.46. The maximum Gasteiger partial charge on any atom is 0.341 e. The van der Waals surface area contributed by atoms with E-state index in [-0.39, 0.29) is 5.97 Å². The van der Waals surface area contributed by atoms with Gasteiger partial charge in [0.2, 0.25) is 0 Å². The molecule has 0 saturated heterocycles. The van der Waals surface area contributed by atoms with Crippen LogP contribution in [0, 0.1) is 0 Å². The van der Waals surface area contributed by atoms with Gasteiger partial charge in [-0.1, -0.05) is 18.2 Å². The Morgan fingerprint density at radius 1 is 1.24 bits per heavy atom. The van der Waals surface area contributed by atoms with Crippen molar-refractivity contribution in [1.82, 2.24) is 4.98 Å². The summed E-state index contributed by atoms with van der Waals surface area (Å²) in [5.74, 6) is 1.12. The molecule has 2 rings (SSSR count). The van der Waals surface area contributed by atoms with E-state index in [1.54, 1.807) is 37.0 Å². The molecular weight excluding hydrogens is 284 g/mol. The number of esters is 1. The number of rotatable bonds is 7. The third kappa shape index (κ3) is 4.79. The lowest BCUT2D eigenvalue weighted by atomic mass is 10.2. The first-order valence-electron chi connectivity index (χ1n) is 6.85. The number of aromatic nitrogens is 1. The first-order chi connectivity index (χ1) is 10.3. The molecule has 21 heavy (non-hydrogen) atoms. The van der Waals surface area contributed by atoms with Crippen LogP contribution < -0.4 is 5.32 Å². The Hall–Kier alpha value is -2.01. The van der Waals surface area contributed by atoms with E-state index in [2.05, 4.69) is 22.4 Å². The minimum atomic E-state index is -0.344. The number of nitrogens with one attached hydrogen (secondary N) is 1. The van der Waals surface area contributed by atoms with Crippen LogP contribution in [0.2, 0.25) is 0 Å². The first kappa shape index (κ1) is 15.4. The fourth-order valence-electron chi connectivity index (χ4n) is 1.77. The average Bonchev–Trinajstić information content (AvgIpc) is 2.53. The minimum absolute atomic E-state index is 0.344. The van der Waals surface area contributed by atoms with Gasteiger partial charge in [-0.25, -0.2) is 9.78 Å². The maximum atomic E-state index is 11.8. The highest BCUT2D eigenvalue weighted by Gasteiger charge is 2.12. The number of anilines is 1. The number of pyridine rings is 1. The van der Waals surface area contributed by atoms with Crippen LogP contribution in [0.25, 0.3) is 0 Å². The number of thioether (sulfide) groups is 1. The van der Waals surface area contributed by atoms with E-state index in [1.807, 2.05) is 18.2 Å². The monoisotopic (exact) mass is 302 g/mol. The van der Waals surface area contributed by atoms with E-state index in [0.717, 1.165) is 12.3 Å². The van der Waals surface area contributed by atoms with Gasteiger partial charge in [0, 0.05) is 23.4 Å². The molecule has 0 aliphatic heterocycles. The smallest absolute Gasteiger partial charge is 0.341 e. The van der Waals surface area contributed by atoms with Gasteiger partial charge in [-0.2, -0.15) is 0 Å². The molecular formula is C16H18N2O2S. The normalized spacial score (nSPS) is 10.1. The van der Waals surface area contributed by atoms with Crippen molar-refractivity contribution >= 4 is 23.5 Å². The van der Waals surface area contributed by atoms with Crippen LogP contribution in [0.15, 0.2) is 53.6 Å². The van der Waals surface area contributed by atoms with Crippen molar-refractivity contribution in [1.29, 1.82) is 0 Å². The summed E-state index contributed by atoms with van der Waals surface area (Å²) >= 11 is 1.76. The van der Waals surface area contributed by atoms with Gasteiger partial charge in [0.05, 0.1) is 6.61 Å². The number of benzene rings is 1. The summed E-state index contributed by atoms with van der Waals surface area (Å²) in [5.41, 5.74) is 0.476. The van der Waals surface area contributed by atoms with Gasteiger partial charge < -0.3 is 10.1 Å². The summed E-state index contributed by atoms with van der Waals surface area (Å²) < 4.78 is 5.02. The predicted molar refractivity (Wildman–Crippen MR) is 85.8 cm³/mol. The summed E-state index contributed by atoms with van der Waals surface area (Å²) in [6.07, 6.45) is 1.66. The molecule has 4 nitrogen and oxygen atoms in total. The quantitative estimate of drug-likeness (QED) is 0.482. The molecule has 0 aliphatic carbocycles. The highest BCUT2D eigenvalue weighted by molar-refractivity contribution is 7.99. The lowest BCUT2D eigenvalue weighted by molar-refractivity contribution is 0.0527. The van der Waals surface area contributed by atoms with E-state index in [0.29, 0.717) is 18.0 Å². The standard InChI is InChI=1S/C16H18N2O2S/c1-2-20-16(19)14-9-6-10-17-15(14)18-11-12-21-13-7-4-3-5-8-13/h3-10H,2,11-12H2,1H3,(H,17,18). The Balaban J connectivity index is 1.87. The lowest BCUT2D eigenvalue weighted by Gasteiger charge is -2.09. The minimum Gasteiger partial charge on any atom is -0.462 e. The molecule has 1 N–H and O–H groups in total. The van der Waals surface area contributed by atoms with Crippen molar-refractivity contribution in [3.05, 3.63) is 54.2 Å². The molecule has 0 spiro atoms. The van der Waals surface area contributed by atoms with Gasteiger partial charge >= 0.3 is 5.97 Å². The molecule has 1 aromatic carbocycles. The van der Waals surface area contributed by atoms with E-state index in [9.17, 15) is 4.79 Å². The fourth-order valence-corrected chi connectivity index (χ4v) is 2.56. The van der Waals surface area contributed by atoms with Crippen molar-refractivity contribution in [3.63, 3.8) is 0 Å². The van der Waals surface area contributed by atoms with Gasteiger partial charge in [-0.05, 0) is 31.2 Å². The van der Waals surface area contributed by atoms with Gasteiger partial charge in [0.1, 0.15) is 11.4 Å². The van der Waals surface area contributed by atoms with E-state index in [1.165, 1.54) is 4.90 Å². The number of nitrogens with zero attached hydrogens (tertiary/aromatic N) is 1. The van der Waals surface area contributed by atoms with Crippen molar-refractivity contribution in [2.45, 2.75) is 11.8 Å². The molecule has 110 valence electrons. The van der Waals surface area contributed by atoms with Gasteiger partial charge in [0.15, 0.2) is 0 Å². The molecule has 1 heterocycles. The van der Waals surface area contributed by atoms with Crippen LogP contribution in [0.5, 0.6) is 0 Å². The molecule has 0 aliphatic rings. The molecule has 0 atom stereocenters. The van der Waals surface area contributed by atoms with Crippen LogP contribution in [-0.2, 0) is 4.74 Å². The largest absolute Gasteiger partial charge is 0.462 e. The number of carbonyl (C=O) groups excluding carboxylic acids is 1. The molecule has 5 heteroatoms. The van der Waals surface area contributed by atoms with Crippen molar-refractivity contribution in [3.8, 4) is 0 Å². The van der Waals surface area contributed by atoms with Crippen molar-refractivity contribution < 1.29 is 9.53 Å². The summed E-state index contributed by atoms with van der Waals surface area (Å²) in [7, 11) is 0. The van der Waals surface area contributed by atoms with Gasteiger partial charge in [-0.3, -0.25) is 0 Å². The molecule has 0 saturated carbocycles. The Labute approximate surface area is 128 Å². The van der Waals surface area contributed by atoms with E-state index >= 15 is 0 Å². The van der Waals surface area contributed by atoms with Gasteiger partial charge in [0.25, 0.3) is 0 Å². The fraction of sp³-hybridized carbons (Fsp3) is 0.250. The second-order valence-electron chi connectivity index (χ2n) is 4.21. The Morgan fingerprint density at radius 2 is 2.05 bits per heavy atom. The summed E-state index contributed by atoms with van der Waals surface area (Å²) in [6.45, 7) is 2.87. The maximum absolute atomic E-state index is 11.8. The molecule has 0 bridgehead atoms. The first-order valence-corrected chi connectivity index (χ1v) is 7.83. The highest BCUT2D eigenvalue weighted by atomic mass is 32.2. The molecule has 0 amide bonds. The number of hydrogen-bond donors (Lipinski definition) is 1. The topological polar surface area (TPSA) is 51.2 Å². The highest BCUT2D eigenvalue weighted by Crippen LogP contribution is 2.17. The summed E-state index contributed by atoms with van der Waals surface area (Å²) in [5, 5.41) is 3.19. The SMILES string of the molecule is CCOC(=O)c1cccnc1NCCSc1ccccc1. The number of carbonyl (C=O) groups is 1. The average molecular weight is 302 g/mol. The van der Waals surface area contributed by atoms with Crippen LogP contribution >= 0.6 is 11.8 Å². The van der Waals surface area contributed by atoms with Crippen molar-refractivity contribution in [2.24, 2.45) is 0 Å². The van der Waals surface area contributed by atoms with E-state index in [4.69, 9.17) is 4.74 Å². The molecule has 1 aromatic heterocycles. The van der Waals surface area contributed by atoms with Crippen LogP contribution in [0.3, 0.4) is 0 Å². The summed E-state index contributed by atoms with van der Waals surface area (Å²) in [6, 6.07) is 13.7. The molecule has 0 fully saturated rings. The third-order valence-corrected chi connectivity index (χ3v) is 3.72. The second-order valence-corrected chi connectivity index (χ2v) is 5.38. The van der Waals surface area contributed by atoms with Crippen LogP contribution in [-0.4, -0.2) is 29.9 Å². The zero-order valence-corrected chi connectivity index (χ0v) is 12.7. The Bertz CT molecular complexity index is 575. The number of ether oxygens (including phenoxy) is 1. The zero-order valence-electron chi connectivity index (χ0n) is 11.9. The third-order valence-electron chi connectivity index (χ3n) is 2.71. The summed E-state index contributed by atoms with van der Waals surface area (Å²) in [4.78, 5) is 17.2. The van der Waals surface area contributed by atoms with Gasteiger partial charge in [-0.15, -0.1) is 11.8 Å². The second kappa shape index (κ2) is 8.32.